The maximum Gasteiger partial charge on any atom is 0.338 e. The molecule has 0 aromatic heterocycles. The van der Waals surface area contributed by atoms with E-state index in [9.17, 15) is 15.0 Å². The van der Waals surface area contributed by atoms with Crippen LogP contribution in [0, 0.1) is 0 Å². The van der Waals surface area contributed by atoms with E-state index in [0.29, 0.717) is 19.6 Å². The van der Waals surface area contributed by atoms with Crippen LogP contribution in [-0.4, -0.2) is 97.3 Å². The van der Waals surface area contributed by atoms with Crippen molar-refractivity contribution in [2.45, 2.75) is 89.8 Å². The lowest BCUT2D eigenvalue weighted by Crippen LogP contribution is -2.41. The monoisotopic (exact) mass is 489 g/mol. The number of aliphatic hydroxyl groups is 2. The van der Waals surface area contributed by atoms with Crippen LogP contribution in [0.4, 0.5) is 4.79 Å². The number of urea groups is 1. The van der Waals surface area contributed by atoms with Gasteiger partial charge in [0.05, 0.1) is 18.8 Å². The number of carbonyl (C=O) groups is 1. The first-order valence-electron chi connectivity index (χ1n) is 13.3. The number of amides is 2. The Labute approximate surface area is 206 Å². The molecule has 0 bridgehead atoms. The molecule has 10 nitrogen and oxygen atoms in total. The predicted molar refractivity (Wildman–Crippen MR) is 134 cm³/mol. The van der Waals surface area contributed by atoms with Gasteiger partial charge in [0.1, 0.15) is 6.61 Å². The van der Waals surface area contributed by atoms with Gasteiger partial charge in [-0.3, -0.25) is 4.84 Å². The lowest BCUT2D eigenvalue weighted by molar-refractivity contribution is -0.0174. The molecule has 2 aliphatic heterocycles. The molecule has 2 fully saturated rings. The van der Waals surface area contributed by atoms with Crippen molar-refractivity contribution in [3.05, 3.63) is 0 Å². The number of likely N-dealkylation sites (tertiary alicyclic amines) is 2. The molecule has 34 heavy (non-hydrogen) atoms. The first-order valence-corrected chi connectivity index (χ1v) is 13.3. The first-order chi connectivity index (χ1) is 16.5. The molecule has 2 amide bonds. The van der Waals surface area contributed by atoms with Gasteiger partial charge in [0.2, 0.25) is 0 Å². The summed E-state index contributed by atoms with van der Waals surface area (Å²) in [6, 6.07) is -0.333. The highest BCUT2D eigenvalue weighted by Gasteiger charge is 2.15. The predicted octanol–water partition coefficient (Wildman–Crippen LogP) is 1.76. The van der Waals surface area contributed by atoms with E-state index in [1.807, 2.05) is 0 Å². The third kappa shape index (κ3) is 17.4. The average molecular weight is 490 g/mol. The molecule has 6 N–H and O–H groups in total. The van der Waals surface area contributed by atoms with Crippen LogP contribution in [0.2, 0.25) is 0 Å². The second kappa shape index (κ2) is 21.3. The minimum atomic E-state index is -0.563. The Bertz CT molecular complexity index is 477. The summed E-state index contributed by atoms with van der Waals surface area (Å²) in [5.41, 5.74) is 2.32. The van der Waals surface area contributed by atoms with Crippen LogP contribution in [0.15, 0.2) is 0 Å². The van der Waals surface area contributed by atoms with Crippen molar-refractivity contribution in [1.29, 1.82) is 0 Å². The van der Waals surface area contributed by atoms with E-state index >= 15 is 0 Å². The van der Waals surface area contributed by atoms with Crippen LogP contribution in [0.1, 0.15) is 77.6 Å². The number of nitrogens with zero attached hydrogens (tertiary/aromatic N) is 2. The van der Waals surface area contributed by atoms with Gasteiger partial charge in [-0.15, -0.1) is 0 Å². The van der Waals surface area contributed by atoms with Gasteiger partial charge in [-0.1, -0.05) is 45.4 Å². The summed E-state index contributed by atoms with van der Waals surface area (Å²) < 4.78 is 0. The van der Waals surface area contributed by atoms with E-state index in [2.05, 4.69) is 32.4 Å². The molecule has 0 aromatic carbocycles. The molecule has 2 aliphatic rings. The minimum Gasteiger partial charge on any atom is -0.389 e. The van der Waals surface area contributed by atoms with Crippen LogP contribution in [0.25, 0.3) is 0 Å². The number of hydrogen-bond donors (Lipinski definition) is 5. The van der Waals surface area contributed by atoms with Gasteiger partial charge >= 0.3 is 6.03 Å². The Kier molecular flexibility index (Phi) is 19.4. The summed E-state index contributed by atoms with van der Waals surface area (Å²) in [4.78, 5) is 25.4. The minimum absolute atomic E-state index is 0.125. The summed E-state index contributed by atoms with van der Waals surface area (Å²) in [6.07, 6.45) is 12.3. The normalized spacial score (nSPS) is 19.1. The fraction of sp³-hybridized carbons (Fsp3) is 0.958. The van der Waals surface area contributed by atoms with Crippen LogP contribution in [-0.2, 0) is 9.68 Å². The second-order valence-electron chi connectivity index (χ2n) is 9.45. The molecule has 0 spiro atoms. The smallest absolute Gasteiger partial charge is 0.338 e. The molecular weight excluding hydrogens is 438 g/mol. The van der Waals surface area contributed by atoms with Gasteiger partial charge in [0.25, 0.3) is 0 Å². The maximum absolute atomic E-state index is 11.5. The molecule has 2 rings (SSSR count). The first kappa shape index (κ1) is 31.0. The van der Waals surface area contributed by atoms with E-state index in [1.165, 1.54) is 57.8 Å². The van der Waals surface area contributed by atoms with Crippen molar-refractivity contribution in [3.8, 4) is 0 Å². The van der Waals surface area contributed by atoms with Crippen LogP contribution in [0.3, 0.4) is 0 Å². The summed E-state index contributed by atoms with van der Waals surface area (Å²) in [6.45, 7) is 8.79. The van der Waals surface area contributed by atoms with E-state index < -0.39 is 12.2 Å². The summed E-state index contributed by atoms with van der Waals surface area (Å²) in [5, 5.41) is 22.0. The number of aliphatic hydroxyl groups excluding tert-OH is 2. The molecule has 10 heteroatoms. The van der Waals surface area contributed by atoms with E-state index in [-0.39, 0.29) is 19.2 Å². The number of nitrogens with one attached hydrogen (secondary N) is 2. The quantitative estimate of drug-likeness (QED) is 0.174. The molecule has 0 saturated carbocycles. The maximum atomic E-state index is 11.5. The zero-order valence-electron chi connectivity index (χ0n) is 21.4. The van der Waals surface area contributed by atoms with Gasteiger partial charge in [-0.05, 0) is 58.3 Å². The molecule has 2 unspecified atom stereocenters. The van der Waals surface area contributed by atoms with E-state index in [0.717, 1.165) is 39.0 Å². The molecule has 0 aliphatic carbocycles. The van der Waals surface area contributed by atoms with Crippen molar-refractivity contribution < 1.29 is 24.7 Å². The van der Waals surface area contributed by atoms with Gasteiger partial charge in [-0.2, -0.15) is 0 Å². The van der Waals surface area contributed by atoms with Crippen molar-refractivity contribution in [2.24, 2.45) is 5.90 Å². The molecule has 2 heterocycles. The van der Waals surface area contributed by atoms with Gasteiger partial charge < -0.3 is 30.2 Å². The van der Waals surface area contributed by atoms with E-state index in [1.54, 1.807) is 0 Å². The lowest BCUT2D eigenvalue weighted by Gasteiger charge is -2.28. The van der Waals surface area contributed by atoms with Crippen molar-refractivity contribution in [1.82, 2.24) is 20.6 Å². The third-order valence-corrected chi connectivity index (χ3v) is 6.13. The largest absolute Gasteiger partial charge is 0.389 e. The van der Waals surface area contributed by atoms with Crippen molar-refractivity contribution in [2.75, 3.05) is 59.0 Å². The Morgan fingerprint density at radius 3 is 1.91 bits per heavy atom. The fourth-order valence-electron chi connectivity index (χ4n) is 4.27. The topological polar surface area (TPSA) is 133 Å². The fourth-order valence-corrected chi connectivity index (χ4v) is 4.27. The molecule has 2 saturated heterocycles. The second-order valence-corrected chi connectivity index (χ2v) is 9.45. The Morgan fingerprint density at radius 2 is 1.38 bits per heavy atom. The Balaban J connectivity index is 0.000000404. The Morgan fingerprint density at radius 1 is 0.853 bits per heavy atom. The molecule has 0 aromatic rings. The lowest BCUT2D eigenvalue weighted by atomic mass is 10.1. The van der Waals surface area contributed by atoms with Gasteiger partial charge in [-0.25, -0.2) is 16.2 Å². The van der Waals surface area contributed by atoms with Gasteiger partial charge in [0, 0.05) is 19.6 Å². The zero-order valence-corrected chi connectivity index (χ0v) is 21.4. The number of piperidine rings is 2. The molecule has 202 valence electrons. The number of hydroxylamine groups is 1. The molecule has 2 atom stereocenters. The van der Waals surface area contributed by atoms with E-state index in [4.69, 9.17) is 10.7 Å². The average Bonchev–Trinajstić information content (AvgIpc) is 2.83. The summed E-state index contributed by atoms with van der Waals surface area (Å²) in [7, 11) is 0. The summed E-state index contributed by atoms with van der Waals surface area (Å²) >= 11 is 0. The van der Waals surface area contributed by atoms with Gasteiger partial charge in [0.15, 0.2) is 0 Å². The number of nitrogens with two attached hydrogens (primary N) is 1. The van der Waals surface area contributed by atoms with Crippen LogP contribution >= 0.6 is 0 Å². The SMILES string of the molecule is CCCCCCCNC(=O)NOCC(O)CN1CCCCC1.NOCC(O)CN1CCCCC1. The summed E-state index contributed by atoms with van der Waals surface area (Å²) in [5.74, 6) is 4.86. The number of carbonyl (C=O) groups excluding carboxylic acids is 1. The number of hydrogen-bond acceptors (Lipinski definition) is 8. The number of rotatable bonds is 15. The Hall–Kier alpha value is -1.01. The van der Waals surface area contributed by atoms with Crippen LogP contribution in [0.5, 0.6) is 0 Å². The standard InChI is InChI=1S/C16H33N3O3.C8H18N2O2/c1-2-3-4-5-7-10-17-16(21)18-22-14-15(20)13-19-11-8-6-9-12-19;9-12-7-8(11)6-10-4-2-1-3-5-10/h15,20H,2-14H2,1H3,(H2,17,18,21);8,11H,1-7,9H2. The number of unbranched alkanes of at least 4 members (excludes halogenated alkanes) is 4. The highest BCUT2D eigenvalue weighted by Crippen LogP contribution is 2.09. The third-order valence-electron chi connectivity index (χ3n) is 6.13. The molecular formula is C24H51N5O5. The zero-order chi connectivity index (χ0) is 24.9. The highest BCUT2D eigenvalue weighted by molar-refractivity contribution is 5.72. The molecule has 0 radical (unpaired) electrons. The van der Waals surface area contributed by atoms with Crippen molar-refractivity contribution >= 4 is 6.03 Å². The van der Waals surface area contributed by atoms with Crippen molar-refractivity contribution in [3.63, 3.8) is 0 Å². The number of β-amino-alcohol motifs (C(OH)–C–C–N with tert-alkyl or cyclic N) is 2. The van der Waals surface area contributed by atoms with Crippen LogP contribution < -0.4 is 16.7 Å². The highest BCUT2D eigenvalue weighted by atomic mass is 16.7.